The number of benzene rings is 1. The Hall–Kier alpha value is -3.26. The van der Waals surface area contributed by atoms with Crippen LogP contribution in [-0.2, 0) is 0 Å². The highest BCUT2D eigenvalue weighted by molar-refractivity contribution is 5.95. The van der Waals surface area contributed by atoms with E-state index >= 15 is 0 Å². The Labute approximate surface area is 147 Å². The van der Waals surface area contributed by atoms with Crippen LogP contribution in [0.3, 0.4) is 0 Å². The molecule has 0 atom stereocenters. The molecule has 9 heteroatoms. The Bertz CT molecular complexity index is 1050. The number of carbonyl (C=O) groups is 1. The first-order chi connectivity index (χ1) is 11.7. The van der Waals surface area contributed by atoms with E-state index in [0.717, 1.165) is 5.52 Å². The summed E-state index contributed by atoms with van der Waals surface area (Å²) in [6.07, 6.45) is 7.38. The minimum absolute atomic E-state index is 0. The molecule has 7 nitrogen and oxygen atoms in total. The summed E-state index contributed by atoms with van der Waals surface area (Å²) in [6, 6.07) is 6.76. The first-order valence-electron chi connectivity index (χ1n) is 7.11. The number of nitrogens with zero attached hydrogens (tertiary/aromatic N) is 4. The molecule has 0 fully saturated rings. The van der Waals surface area contributed by atoms with Crippen LogP contribution in [0.15, 0.2) is 55.2 Å². The summed E-state index contributed by atoms with van der Waals surface area (Å²) in [6.45, 7) is 0. The molecule has 0 aliphatic rings. The van der Waals surface area contributed by atoms with Crippen LogP contribution in [0.4, 0.5) is 10.1 Å². The van der Waals surface area contributed by atoms with Gasteiger partial charge >= 0.3 is 0 Å². The first-order valence-corrected chi connectivity index (χ1v) is 7.11. The van der Waals surface area contributed by atoms with Gasteiger partial charge in [-0.25, -0.2) is 9.37 Å². The summed E-state index contributed by atoms with van der Waals surface area (Å²) in [5.41, 5.74) is 7.85. The van der Waals surface area contributed by atoms with E-state index in [4.69, 9.17) is 0 Å². The van der Waals surface area contributed by atoms with E-state index in [-0.39, 0.29) is 23.9 Å². The molecule has 25 heavy (non-hydrogen) atoms. The molecule has 1 aromatic carbocycles. The molecule has 0 aliphatic heterocycles. The SMILES string of the molecule is Cl.O=C(NNc1cccc2c1ncc1c(F)ccn12)c1cnccn1. The highest BCUT2D eigenvalue weighted by Crippen LogP contribution is 2.23. The molecular weight excluding hydrogens is 347 g/mol. The summed E-state index contributed by atoms with van der Waals surface area (Å²) < 4.78 is 15.4. The number of aromatic nitrogens is 4. The Kier molecular flexibility index (Phi) is 4.44. The summed E-state index contributed by atoms with van der Waals surface area (Å²) >= 11 is 0. The topological polar surface area (TPSA) is 84.2 Å². The van der Waals surface area contributed by atoms with Crippen molar-refractivity contribution in [3.63, 3.8) is 0 Å². The lowest BCUT2D eigenvalue weighted by Crippen LogP contribution is -2.30. The highest BCUT2D eigenvalue weighted by atomic mass is 35.5. The Morgan fingerprint density at radius 2 is 1.96 bits per heavy atom. The van der Waals surface area contributed by atoms with Crippen molar-refractivity contribution in [2.24, 2.45) is 0 Å². The second-order valence-corrected chi connectivity index (χ2v) is 5.02. The molecule has 1 amide bonds. The van der Waals surface area contributed by atoms with Gasteiger partial charge in [-0.15, -0.1) is 12.4 Å². The smallest absolute Gasteiger partial charge is 0.289 e. The zero-order valence-electron chi connectivity index (χ0n) is 12.7. The Morgan fingerprint density at radius 3 is 2.76 bits per heavy atom. The largest absolute Gasteiger partial charge is 0.311 e. The monoisotopic (exact) mass is 358 g/mol. The molecule has 0 unspecified atom stereocenters. The molecule has 0 saturated heterocycles. The van der Waals surface area contributed by atoms with Crippen LogP contribution in [0.5, 0.6) is 0 Å². The maximum atomic E-state index is 13.7. The van der Waals surface area contributed by atoms with E-state index in [2.05, 4.69) is 25.8 Å². The molecule has 0 bridgehead atoms. The quantitative estimate of drug-likeness (QED) is 0.550. The van der Waals surface area contributed by atoms with Gasteiger partial charge in [-0.3, -0.25) is 25.6 Å². The molecule has 0 radical (unpaired) electrons. The number of hydrogen-bond acceptors (Lipinski definition) is 5. The summed E-state index contributed by atoms with van der Waals surface area (Å²) in [7, 11) is 0. The average Bonchev–Trinajstić information content (AvgIpc) is 3.02. The number of hydrogen-bond donors (Lipinski definition) is 2. The van der Waals surface area contributed by atoms with Crippen LogP contribution in [-0.4, -0.2) is 25.3 Å². The standard InChI is InChI=1S/C16H11FN6O.ClH/c17-10-4-7-23-13-3-1-2-11(15(13)20-9-14(10)23)21-22-16(24)12-8-18-5-6-19-12;/h1-9,21H,(H,22,24);1H. The van der Waals surface area contributed by atoms with Crippen molar-refractivity contribution in [3.05, 3.63) is 66.8 Å². The maximum Gasteiger partial charge on any atom is 0.289 e. The lowest BCUT2D eigenvalue weighted by atomic mass is 10.2. The van der Waals surface area contributed by atoms with Crippen molar-refractivity contribution in [1.82, 2.24) is 24.8 Å². The normalized spacial score (nSPS) is 10.4. The maximum absolute atomic E-state index is 13.7. The Balaban J connectivity index is 0.00000182. The van der Waals surface area contributed by atoms with Gasteiger partial charge in [-0.2, -0.15) is 0 Å². The molecule has 4 aromatic rings. The van der Waals surface area contributed by atoms with E-state index in [1.165, 1.54) is 30.9 Å². The highest BCUT2D eigenvalue weighted by Gasteiger charge is 2.10. The summed E-state index contributed by atoms with van der Waals surface area (Å²) in [5.74, 6) is -0.757. The number of halogens is 2. The second-order valence-electron chi connectivity index (χ2n) is 5.02. The number of nitrogens with one attached hydrogen (secondary N) is 2. The number of fused-ring (bicyclic) bond motifs is 3. The predicted octanol–water partition coefficient (Wildman–Crippen LogP) is 2.60. The molecule has 0 aliphatic carbocycles. The van der Waals surface area contributed by atoms with Crippen molar-refractivity contribution in [3.8, 4) is 0 Å². The molecule has 0 spiro atoms. The summed E-state index contributed by atoms with van der Waals surface area (Å²) in [4.78, 5) is 24.1. The van der Waals surface area contributed by atoms with Crippen molar-refractivity contribution in [2.75, 3.05) is 5.43 Å². The fourth-order valence-electron chi connectivity index (χ4n) is 2.45. The van der Waals surface area contributed by atoms with E-state index in [0.29, 0.717) is 16.7 Å². The number of carbonyl (C=O) groups excluding carboxylic acids is 1. The molecule has 3 heterocycles. The van der Waals surface area contributed by atoms with E-state index < -0.39 is 5.91 Å². The number of rotatable bonds is 3. The van der Waals surface area contributed by atoms with Crippen molar-refractivity contribution in [1.29, 1.82) is 0 Å². The van der Waals surface area contributed by atoms with Gasteiger partial charge in [0, 0.05) is 18.6 Å². The van der Waals surface area contributed by atoms with Crippen LogP contribution in [0.25, 0.3) is 16.6 Å². The van der Waals surface area contributed by atoms with E-state index in [1.807, 2.05) is 6.07 Å². The average molecular weight is 359 g/mol. The number of hydrazine groups is 1. The molecule has 4 rings (SSSR count). The summed E-state index contributed by atoms with van der Waals surface area (Å²) in [5, 5.41) is 0. The van der Waals surface area contributed by atoms with Crippen LogP contribution < -0.4 is 10.9 Å². The van der Waals surface area contributed by atoms with Gasteiger partial charge in [-0.05, 0) is 18.2 Å². The third kappa shape index (κ3) is 2.94. The van der Waals surface area contributed by atoms with Gasteiger partial charge in [0.2, 0.25) is 0 Å². The van der Waals surface area contributed by atoms with Crippen LogP contribution in [0.2, 0.25) is 0 Å². The van der Waals surface area contributed by atoms with E-state index in [1.54, 1.807) is 22.7 Å². The first kappa shape index (κ1) is 16.6. The Morgan fingerprint density at radius 1 is 1.08 bits per heavy atom. The predicted molar refractivity (Wildman–Crippen MR) is 93.0 cm³/mol. The van der Waals surface area contributed by atoms with Crippen LogP contribution in [0, 0.1) is 5.82 Å². The number of amides is 1. The van der Waals surface area contributed by atoms with Gasteiger partial charge in [0.1, 0.15) is 22.5 Å². The van der Waals surface area contributed by atoms with E-state index in [9.17, 15) is 9.18 Å². The second kappa shape index (κ2) is 6.70. The molecule has 0 saturated carbocycles. The van der Waals surface area contributed by atoms with Crippen molar-refractivity contribution < 1.29 is 9.18 Å². The van der Waals surface area contributed by atoms with Gasteiger partial charge < -0.3 is 4.40 Å². The fraction of sp³-hybridized carbons (Fsp3) is 0. The van der Waals surface area contributed by atoms with Crippen LogP contribution in [0.1, 0.15) is 10.5 Å². The molecule has 2 N–H and O–H groups in total. The van der Waals surface area contributed by atoms with Gasteiger partial charge in [0.15, 0.2) is 0 Å². The molecular formula is C16H12ClFN6O. The minimum atomic E-state index is -0.423. The van der Waals surface area contributed by atoms with Gasteiger partial charge in [0.25, 0.3) is 5.91 Å². The zero-order valence-corrected chi connectivity index (χ0v) is 13.5. The lowest BCUT2D eigenvalue weighted by Gasteiger charge is -2.11. The number of anilines is 1. The fourth-order valence-corrected chi connectivity index (χ4v) is 2.45. The van der Waals surface area contributed by atoms with Crippen molar-refractivity contribution >= 4 is 40.6 Å². The molecule has 3 aromatic heterocycles. The van der Waals surface area contributed by atoms with Gasteiger partial charge in [0.05, 0.1) is 23.6 Å². The third-order valence-corrected chi connectivity index (χ3v) is 3.57. The molecule has 126 valence electrons. The van der Waals surface area contributed by atoms with Gasteiger partial charge in [-0.1, -0.05) is 6.07 Å². The van der Waals surface area contributed by atoms with Crippen molar-refractivity contribution in [2.45, 2.75) is 0 Å². The lowest BCUT2D eigenvalue weighted by molar-refractivity contribution is 0.0957. The minimum Gasteiger partial charge on any atom is -0.311 e. The zero-order chi connectivity index (χ0) is 16.5. The third-order valence-electron chi connectivity index (χ3n) is 3.57. The van der Waals surface area contributed by atoms with Crippen LogP contribution >= 0.6 is 12.4 Å². The number of para-hydroxylation sites is 1.